The van der Waals surface area contributed by atoms with Crippen molar-refractivity contribution >= 4 is 11.5 Å². The minimum absolute atomic E-state index is 0.848. The molecule has 1 aliphatic rings. The standard InChI is InChI=1S/C18H21N5O/c1-21-9-11-22(12-10-21)17-7-8-19-18-16(13-20-23(17)18)14-3-5-15(24-2)6-4-14/h3-8,13H,9-12H2,1-2H3. The van der Waals surface area contributed by atoms with Gasteiger partial charge in [-0.2, -0.15) is 9.61 Å². The molecule has 1 aromatic carbocycles. The molecule has 0 radical (unpaired) electrons. The van der Waals surface area contributed by atoms with Gasteiger partial charge in [-0.3, -0.25) is 0 Å². The molecule has 3 heterocycles. The Labute approximate surface area is 141 Å². The average molecular weight is 323 g/mol. The van der Waals surface area contributed by atoms with E-state index >= 15 is 0 Å². The third-order valence-corrected chi connectivity index (χ3v) is 4.61. The zero-order valence-electron chi connectivity index (χ0n) is 14.0. The summed E-state index contributed by atoms with van der Waals surface area (Å²) in [6, 6.07) is 10.1. The Kier molecular flexibility index (Phi) is 3.82. The highest BCUT2D eigenvalue weighted by Crippen LogP contribution is 2.27. The predicted octanol–water partition coefficient (Wildman–Crippen LogP) is 2.16. The Morgan fingerprint density at radius 2 is 1.75 bits per heavy atom. The smallest absolute Gasteiger partial charge is 0.165 e. The van der Waals surface area contributed by atoms with Gasteiger partial charge in [-0.25, -0.2) is 4.98 Å². The van der Waals surface area contributed by atoms with Gasteiger partial charge in [-0.15, -0.1) is 0 Å². The molecule has 0 bridgehead atoms. The summed E-state index contributed by atoms with van der Waals surface area (Å²) in [5.41, 5.74) is 3.01. The number of piperazine rings is 1. The first-order valence-electron chi connectivity index (χ1n) is 8.17. The van der Waals surface area contributed by atoms with Crippen molar-refractivity contribution in [3.63, 3.8) is 0 Å². The van der Waals surface area contributed by atoms with Crippen LogP contribution in [0.4, 0.5) is 5.82 Å². The molecular weight excluding hydrogens is 302 g/mol. The van der Waals surface area contributed by atoms with E-state index < -0.39 is 0 Å². The molecule has 124 valence electrons. The maximum atomic E-state index is 5.23. The molecule has 4 rings (SSSR count). The van der Waals surface area contributed by atoms with Crippen molar-refractivity contribution in [1.82, 2.24) is 19.5 Å². The van der Waals surface area contributed by atoms with Crippen molar-refractivity contribution in [2.24, 2.45) is 0 Å². The van der Waals surface area contributed by atoms with Crippen molar-refractivity contribution in [2.75, 3.05) is 45.2 Å². The van der Waals surface area contributed by atoms with Gasteiger partial charge in [-0.1, -0.05) is 12.1 Å². The largest absolute Gasteiger partial charge is 0.497 e. The summed E-state index contributed by atoms with van der Waals surface area (Å²) in [6.45, 7) is 4.15. The lowest BCUT2D eigenvalue weighted by Crippen LogP contribution is -2.45. The molecular formula is C18H21N5O. The summed E-state index contributed by atoms with van der Waals surface area (Å²) in [6.07, 6.45) is 3.77. The number of hydrogen-bond acceptors (Lipinski definition) is 5. The maximum absolute atomic E-state index is 5.23. The molecule has 3 aromatic rings. The van der Waals surface area contributed by atoms with E-state index in [0.717, 1.165) is 54.5 Å². The van der Waals surface area contributed by atoms with Crippen molar-refractivity contribution < 1.29 is 4.74 Å². The first-order valence-corrected chi connectivity index (χ1v) is 8.17. The van der Waals surface area contributed by atoms with Gasteiger partial charge in [0, 0.05) is 37.9 Å². The van der Waals surface area contributed by atoms with Crippen LogP contribution in [0.1, 0.15) is 0 Å². The molecule has 0 atom stereocenters. The number of nitrogens with zero attached hydrogens (tertiary/aromatic N) is 5. The van der Waals surface area contributed by atoms with Crippen LogP contribution in [0, 0.1) is 0 Å². The van der Waals surface area contributed by atoms with E-state index in [2.05, 4.69) is 26.9 Å². The average Bonchev–Trinajstić information content (AvgIpc) is 3.07. The molecule has 1 saturated heterocycles. The van der Waals surface area contributed by atoms with Crippen LogP contribution in [0.25, 0.3) is 16.8 Å². The van der Waals surface area contributed by atoms with Gasteiger partial charge in [0.25, 0.3) is 0 Å². The highest BCUT2D eigenvalue weighted by Gasteiger charge is 2.18. The van der Waals surface area contributed by atoms with Gasteiger partial charge in [0.1, 0.15) is 11.6 Å². The second-order valence-electron chi connectivity index (χ2n) is 6.12. The SMILES string of the molecule is COc1ccc(-c2cnn3c(N4CCN(C)CC4)ccnc23)cc1. The fourth-order valence-electron chi connectivity index (χ4n) is 3.13. The number of benzene rings is 1. The van der Waals surface area contributed by atoms with E-state index in [9.17, 15) is 0 Å². The topological polar surface area (TPSA) is 45.9 Å². The zero-order chi connectivity index (χ0) is 16.5. The molecule has 0 spiro atoms. The Morgan fingerprint density at radius 1 is 1.00 bits per heavy atom. The number of fused-ring (bicyclic) bond motifs is 1. The third-order valence-electron chi connectivity index (χ3n) is 4.61. The lowest BCUT2D eigenvalue weighted by Gasteiger charge is -2.33. The molecule has 2 aromatic heterocycles. The first kappa shape index (κ1) is 15.0. The Balaban J connectivity index is 1.73. The Bertz CT molecular complexity index is 834. The highest BCUT2D eigenvalue weighted by molar-refractivity contribution is 5.78. The molecule has 6 nitrogen and oxygen atoms in total. The van der Waals surface area contributed by atoms with Gasteiger partial charge >= 0.3 is 0 Å². The van der Waals surface area contributed by atoms with E-state index in [-0.39, 0.29) is 0 Å². The Hall–Kier alpha value is -2.60. The molecule has 24 heavy (non-hydrogen) atoms. The van der Waals surface area contributed by atoms with Crippen LogP contribution >= 0.6 is 0 Å². The van der Waals surface area contributed by atoms with Crippen molar-refractivity contribution in [3.8, 4) is 16.9 Å². The summed E-state index contributed by atoms with van der Waals surface area (Å²) in [7, 11) is 3.84. The molecule has 1 aliphatic heterocycles. The third kappa shape index (κ3) is 2.59. The molecule has 0 amide bonds. The van der Waals surface area contributed by atoms with Crippen LogP contribution in [0.3, 0.4) is 0 Å². The number of rotatable bonds is 3. The van der Waals surface area contributed by atoms with E-state index in [0.29, 0.717) is 0 Å². The minimum Gasteiger partial charge on any atom is -0.497 e. The monoisotopic (exact) mass is 323 g/mol. The molecule has 0 saturated carbocycles. The van der Waals surface area contributed by atoms with E-state index in [1.54, 1.807) is 7.11 Å². The van der Waals surface area contributed by atoms with Gasteiger partial charge in [-0.05, 0) is 30.8 Å². The summed E-state index contributed by atoms with van der Waals surface area (Å²) in [5, 5.41) is 4.60. The van der Waals surface area contributed by atoms with Crippen molar-refractivity contribution in [2.45, 2.75) is 0 Å². The number of hydrogen-bond donors (Lipinski definition) is 0. The number of anilines is 1. The summed E-state index contributed by atoms with van der Waals surface area (Å²) in [4.78, 5) is 9.29. The summed E-state index contributed by atoms with van der Waals surface area (Å²) in [5.74, 6) is 1.95. The quantitative estimate of drug-likeness (QED) is 0.739. The van der Waals surface area contributed by atoms with E-state index in [1.165, 1.54) is 0 Å². The number of ether oxygens (including phenoxy) is 1. The van der Waals surface area contributed by atoms with Crippen LogP contribution in [-0.2, 0) is 0 Å². The number of aromatic nitrogens is 3. The summed E-state index contributed by atoms with van der Waals surface area (Å²) < 4.78 is 7.18. The Morgan fingerprint density at radius 3 is 2.46 bits per heavy atom. The fraction of sp³-hybridized carbons (Fsp3) is 0.333. The summed E-state index contributed by atoms with van der Waals surface area (Å²) >= 11 is 0. The van der Waals surface area contributed by atoms with Crippen molar-refractivity contribution in [3.05, 3.63) is 42.7 Å². The number of likely N-dealkylation sites (N-methyl/N-ethyl adjacent to an activating group) is 1. The molecule has 0 aliphatic carbocycles. The predicted molar refractivity (Wildman–Crippen MR) is 94.7 cm³/mol. The zero-order valence-corrected chi connectivity index (χ0v) is 14.0. The second kappa shape index (κ2) is 6.13. The molecule has 0 N–H and O–H groups in total. The minimum atomic E-state index is 0.848. The maximum Gasteiger partial charge on any atom is 0.165 e. The van der Waals surface area contributed by atoms with Gasteiger partial charge in [0.05, 0.1) is 13.3 Å². The van der Waals surface area contributed by atoms with Gasteiger partial charge in [0.15, 0.2) is 5.65 Å². The van der Waals surface area contributed by atoms with Gasteiger partial charge < -0.3 is 14.5 Å². The highest BCUT2D eigenvalue weighted by atomic mass is 16.5. The van der Waals surface area contributed by atoms with E-state index in [4.69, 9.17) is 4.74 Å². The van der Waals surface area contributed by atoms with E-state index in [1.807, 2.05) is 47.2 Å². The van der Waals surface area contributed by atoms with Crippen LogP contribution in [0.5, 0.6) is 5.75 Å². The molecule has 6 heteroatoms. The van der Waals surface area contributed by atoms with Crippen LogP contribution < -0.4 is 9.64 Å². The lowest BCUT2D eigenvalue weighted by atomic mass is 10.1. The molecule has 0 unspecified atom stereocenters. The fourth-order valence-corrected chi connectivity index (χ4v) is 3.13. The molecule has 1 fully saturated rings. The lowest BCUT2D eigenvalue weighted by molar-refractivity contribution is 0.311. The van der Waals surface area contributed by atoms with Gasteiger partial charge in [0.2, 0.25) is 0 Å². The second-order valence-corrected chi connectivity index (χ2v) is 6.12. The normalized spacial score (nSPS) is 15.8. The number of methoxy groups -OCH3 is 1. The van der Waals surface area contributed by atoms with Crippen molar-refractivity contribution in [1.29, 1.82) is 0 Å². The van der Waals surface area contributed by atoms with Crippen LogP contribution in [0.15, 0.2) is 42.7 Å². The van der Waals surface area contributed by atoms with Crippen LogP contribution in [0.2, 0.25) is 0 Å². The van der Waals surface area contributed by atoms with Crippen LogP contribution in [-0.4, -0.2) is 59.8 Å². The first-order chi connectivity index (χ1) is 11.8.